The van der Waals surface area contributed by atoms with Gasteiger partial charge in [-0.3, -0.25) is 4.79 Å². The topological polar surface area (TPSA) is 84.0 Å². The molecule has 0 aromatic heterocycles. The van der Waals surface area contributed by atoms with Crippen molar-refractivity contribution in [1.82, 2.24) is 16.0 Å². The van der Waals surface area contributed by atoms with E-state index in [0.29, 0.717) is 18.8 Å². The van der Waals surface area contributed by atoms with Crippen LogP contribution in [0.5, 0.6) is 11.5 Å². The molecular weight excluding hydrogens is 392 g/mol. The van der Waals surface area contributed by atoms with Gasteiger partial charge in [0.1, 0.15) is 11.5 Å². The minimum Gasteiger partial charge on any atom is -0.496 e. The second-order valence-electron chi connectivity index (χ2n) is 7.08. The van der Waals surface area contributed by atoms with Crippen LogP contribution < -0.4 is 25.4 Å². The lowest BCUT2D eigenvalue weighted by atomic mass is 10.1. The van der Waals surface area contributed by atoms with E-state index in [9.17, 15) is 4.79 Å². The predicted molar refractivity (Wildman–Crippen MR) is 125 cm³/mol. The van der Waals surface area contributed by atoms with Crippen LogP contribution in [0.15, 0.2) is 47.5 Å². The average molecular weight is 427 g/mol. The zero-order valence-corrected chi connectivity index (χ0v) is 19.0. The maximum absolute atomic E-state index is 11.6. The van der Waals surface area contributed by atoms with Crippen LogP contribution >= 0.6 is 0 Å². The van der Waals surface area contributed by atoms with Crippen molar-refractivity contribution < 1.29 is 14.3 Å². The first kappa shape index (κ1) is 24.1. The molecule has 0 aliphatic heterocycles. The number of carbonyl (C=O) groups is 1. The Hall–Kier alpha value is -3.22. The van der Waals surface area contributed by atoms with Crippen LogP contribution in [0.3, 0.4) is 0 Å². The normalized spacial score (nSPS) is 11.0. The summed E-state index contributed by atoms with van der Waals surface area (Å²) in [5, 5.41) is 9.37. The van der Waals surface area contributed by atoms with E-state index < -0.39 is 0 Å². The first-order valence-corrected chi connectivity index (χ1v) is 10.7. The largest absolute Gasteiger partial charge is 0.496 e. The monoisotopic (exact) mass is 426 g/mol. The molecule has 0 radical (unpaired) electrons. The van der Waals surface area contributed by atoms with E-state index in [0.717, 1.165) is 36.8 Å². The minimum absolute atomic E-state index is 0.00712. The smallest absolute Gasteiger partial charge is 0.257 e. The molecular formula is C24H34N4O3. The van der Waals surface area contributed by atoms with Gasteiger partial charge in [-0.2, -0.15) is 0 Å². The fraction of sp³-hybridized carbons (Fsp3) is 0.417. The van der Waals surface area contributed by atoms with E-state index in [1.165, 1.54) is 11.1 Å². The van der Waals surface area contributed by atoms with Gasteiger partial charge in [0.2, 0.25) is 0 Å². The van der Waals surface area contributed by atoms with Gasteiger partial charge >= 0.3 is 0 Å². The number of likely N-dealkylation sites (N-methyl/N-ethyl adjacent to an activating group) is 1. The van der Waals surface area contributed by atoms with Crippen LogP contribution in [0.2, 0.25) is 0 Å². The van der Waals surface area contributed by atoms with E-state index in [-0.39, 0.29) is 12.5 Å². The summed E-state index contributed by atoms with van der Waals surface area (Å²) in [6.07, 6.45) is 0.832. The third-order valence-corrected chi connectivity index (χ3v) is 4.53. The Kier molecular flexibility index (Phi) is 10.2. The van der Waals surface area contributed by atoms with Gasteiger partial charge < -0.3 is 25.4 Å². The molecule has 0 spiro atoms. The zero-order chi connectivity index (χ0) is 22.5. The van der Waals surface area contributed by atoms with Crippen molar-refractivity contribution >= 4 is 11.9 Å². The minimum atomic E-state index is -0.130. The highest BCUT2D eigenvalue weighted by atomic mass is 16.5. The number of guanidine groups is 1. The lowest BCUT2D eigenvalue weighted by Gasteiger charge is -2.13. The third kappa shape index (κ3) is 8.58. The molecule has 0 atom stereocenters. The molecule has 0 unspecified atom stereocenters. The summed E-state index contributed by atoms with van der Waals surface area (Å²) >= 11 is 0. The molecule has 31 heavy (non-hydrogen) atoms. The van der Waals surface area contributed by atoms with Crippen molar-refractivity contribution in [3.8, 4) is 11.5 Å². The highest BCUT2D eigenvalue weighted by Gasteiger charge is 2.05. The molecule has 3 N–H and O–H groups in total. The van der Waals surface area contributed by atoms with Gasteiger partial charge in [0.25, 0.3) is 5.91 Å². The predicted octanol–water partition coefficient (Wildman–Crippen LogP) is 2.82. The van der Waals surface area contributed by atoms with Crippen molar-refractivity contribution in [2.24, 2.45) is 4.99 Å². The number of amides is 1. The highest BCUT2D eigenvalue weighted by molar-refractivity contribution is 5.79. The number of rotatable bonds is 11. The number of hydrogen-bond acceptors (Lipinski definition) is 4. The summed E-state index contributed by atoms with van der Waals surface area (Å²) in [7, 11) is 1.70. The van der Waals surface area contributed by atoms with Crippen molar-refractivity contribution in [3.63, 3.8) is 0 Å². The van der Waals surface area contributed by atoms with Crippen LogP contribution in [0, 0.1) is 6.92 Å². The molecule has 7 nitrogen and oxygen atoms in total. The zero-order valence-electron chi connectivity index (χ0n) is 19.0. The molecule has 2 rings (SSSR count). The summed E-state index contributed by atoms with van der Waals surface area (Å²) in [6, 6.07) is 13.8. The molecule has 168 valence electrons. The van der Waals surface area contributed by atoms with Crippen molar-refractivity contribution in [2.45, 2.75) is 33.7 Å². The number of methoxy groups -OCH3 is 1. The number of benzene rings is 2. The van der Waals surface area contributed by atoms with E-state index >= 15 is 0 Å². The standard InChI is InChI=1S/C24H34N4O3/c1-5-25-23(29)17-31-21-9-7-8-19(15-21)16-28-24(26-6-2)27-13-12-20-14-18(3)10-11-22(20)30-4/h7-11,14-15H,5-6,12-13,16-17H2,1-4H3,(H,25,29)(H2,26,27,28). The maximum Gasteiger partial charge on any atom is 0.257 e. The Balaban J connectivity index is 1.93. The summed E-state index contributed by atoms with van der Waals surface area (Å²) in [5.41, 5.74) is 3.39. The molecule has 2 aromatic carbocycles. The van der Waals surface area contributed by atoms with Crippen molar-refractivity contribution in [1.29, 1.82) is 0 Å². The summed E-state index contributed by atoms with van der Waals surface area (Å²) in [4.78, 5) is 16.2. The fourth-order valence-electron chi connectivity index (χ4n) is 3.06. The molecule has 1 amide bonds. The van der Waals surface area contributed by atoms with Crippen LogP contribution in [0.1, 0.15) is 30.5 Å². The second-order valence-corrected chi connectivity index (χ2v) is 7.08. The summed E-state index contributed by atoms with van der Waals surface area (Å²) < 4.78 is 11.0. The molecule has 0 heterocycles. The number of hydrogen-bond donors (Lipinski definition) is 3. The molecule has 0 aliphatic carbocycles. The molecule has 0 aliphatic rings. The number of aryl methyl sites for hydroxylation is 1. The number of nitrogens with one attached hydrogen (secondary N) is 3. The summed E-state index contributed by atoms with van der Waals surface area (Å²) in [6.45, 7) is 8.61. The van der Waals surface area contributed by atoms with E-state index in [2.05, 4.69) is 40.0 Å². The number of nitrogens with zero attached hydrogens (tertiary/aromatic N) is 1. The van der Waals surface area contributed by atoms with Crippen LogP contribution in [-0.4, -0.2) is 45.2 Å². The fourth-order valence-corrected chi connectivity index (χ4v) is 3.06. The first-order valence-electron chi connectivity index (χ1n) is 10.7. The molecule has 0 bridgehead atoms. The Morgan fingerprint density at radius 1 is 1.03 bits per heavy atom. The Morgan fingerprint density at radius 2 is 1.84 bits per heavy atom. The van der Waals surface area contributed by atoms with Gasteiger partial charge in [0.05, 0.1) is 13.7 Å². The van der Waals surface area contributed by atoms with E-state index in [1.807, 2.05) is 44.2 Å². The SMILES string of the molecule is CCNC(=O)COc1cccc(CN=C(NCC)NCCc2cc(C)ccc2OC)c1. The number of carbonyl (C=O) groups excluding carboxylic acids is 1. The molecule has 0 saturated carbocycles. The molecule has 0 saturated heterocycles. The lowest BCUT2D eigenvalue weighted by Crippen LogP contribution is -2.38. The quantitative estimate of drug-likeness (QED) is 0.380. The van der Waals surface area contributed by atoms with Gasteiger partial charge in [0.15, 0.2) is 12.6 Å². The molecule has 0 fully saturated rings. The number of aliphatic imine (C=N–C) groups is 1. The summed E-state index contributed by atoms with van der Waals surface area (Å²) in [5.74, 6) is 2.18. The van der Waals surface area contributed by atoms with Crippen molar-refractivity contribution in [3.05, 3.63) is 59.2 Å². The van der Waals surface area contributed by atoms with Gasteiger partial charge in [-0.25, -0.2) is 4.99 Å². The van der Waals surface area contributed by atoms with Gasteiger partial charge in [-0.1, -0.05) is 29.8 Å². The number of ether oxygens (including phenoxy) is 2. The van der Waals surface area contributed by atoms with Crippen molar-refractivity contribution in [2.75, 3.05) is 33.4 Å². The third-order valence-electron chi connectivity index (χ3n) is 4.53. The van der Waals surface area contributed by atoms with Crippen LogP contribution in [0.4, 0.5) is 0 Å². The van der Waals surface area contributed by atoms with Gasteiger partial charge in [-0.05, 0) is 56.5 Å². The van der Waals surface area contributed by atoms with E-state index in [1.54, 1.807) is 7.11 Å². The highest BCUT2D eigenvalue weighted by Crippen LogP contribution is 2.19. The average Bonchev–Trinajstić information content (AvgIpc) is 2.77. The second kappa shape index (κ2) is 13.2. The Morgan fingerprint density at radius 3 is 2.58 bits per heavy atom. The van der Waals surface area contributed by atoms with Crippen LogP contribution in [0.25, 0.3) is 0 Å². The van der Waals surface area contributed by atoms with Gasteiger partial charge in [0, 0.05) is 19.6 Å². The van der Waals surface area contributed by atoms with Gasteiger partial charge in [-0.15, -0.1) is 0 Å². The first-order chi connectivity index (χ1) is 15.0. The molecule has 2 aromatic rings. The van der Waals surface area contributed by atoms with E-state index in [4.69, 9.17) is 9.47 Å². The lowest BCUT2D eigenvalue weighted by molar-refractivity contribution is -0.122. The maximum atomic E-state index is 11.6. The Labute approximate surface area is 185 Å². The van der Waals surface area contributed by atoms with Crippen LogP contribution in [-0.2, 0) is 17.8 Å². The molecule has 7 heteroatoms. The Bertz CT molecular complexity index is 868.